The summed E-state index contributed by atoms with van der Waals surface area (Å²) >= 11 is 0. The number of aromatic nitrogens is 1. The lowest BCUT2D eigenvalue weighted by Crippen LogP contribution is -2.32. The highest BCUT2D eigenvalue weighted by atomic mass is 15.1. The molecule has 1 aliphatic rings. The Labute approximate surface area is 110 Å². The van der Waals surface area contributed by atoms with Gasteiger partial charge < -0.3 is 10.6 Å². The van der Waals surface area contributed by atoms with Crippen molar-refractivity contribution >= 4 is 0 Å². The second kappa shape index (κ2) is 6.30. The van der Waals surface area contributed by atoms with Gasteiger partial charge in [-0.2, -0.15) is 0 Å². The third kappa shape index (κ3) is 4.07. The molecule has 1 heterocycles. The van der Waals surface area contributed by atoms with Crippen LogP contribution in [0.2, 0.25) is 0 Å². The Bertz CT molecular complexity index is 370. The van der Waals surface area contributed by atoms with E-state index in [4.69, 9.17) is 5.73 Å². The zero-order chi connectivity index (χ0) is 13.0. The molecular weight excluding hydrogens is 222 g/mol. The number of rotatable bonds is 4. The summed E-state index contributed by atoms with van der Waals surface area (Å²) in [5.74, 6) is 0.819. The molecule has 0 radical (unpaired) electrons. The summed E-state index contributed by atoms with van der Waals surface area (Å²) in [5.41, 5.74) is 8.22. The van der Waals surface area contributed by atoms with Crippen LogP contribution in [0.1, 0.15) is 37.1 Å². The molecule has 18 heavy (non-hydrogen) atoms. The van der Waals surface area contributed by atoms with Gasteiger partial charge >= 0.3 is 0 Å². The Morgan fingerprint density at radius 3 is 2.67 bits per heavy atom. The molecule has 0 saturated heterocycles. The van der Waals surface area contributed by atoms with E-state index in [1.807, 2.05) is 13.0 Å². The highest BCUT2D eigenvalue weighted by molar-refractivity contribution is 5.09. The first kappa shape index (κ1) is 13.5. The van der Waals surface area contributed by atoms with E-state index in [0.717, 1.165) is 18.2 Å². The van der Waals surface area contributed by atoms with Crippen molar-refractivity contribution in [2.24, 2.45) is 11.7 Å². The van der Waals surface area contributed by atoms with Crippen molar-refractivity contribution in [3.8, 4) is 0 Å². The van der Waals surface area contributed by atoms with E-state index < -0.39 is 0 Å². The Hall–Kier alpha value is -0.930. The Morgan fingerprint density at radius 2 is 2.00 bits per heavy atom. The molecule has 0 bridgehead atoms. The highest BCUT2D eigenvalue weighted by Crippen LogP contribution is 2.23. The maximum absolute atomic E-state index is 5.94. The van der Waals surface area contributed by atoms with E-state index in [2.05, 4.69) is 29.1 Å². The fraction of sp³-hybridized carbons (Fsp3) is 0.667. The van der Waals surface area contributed by atoms with Crippen LogP contribution in [0, 0.1) is 12.8 Å². The maximum Gasteiger partial charge on any atom is 0.0547 e. The van der Waals surface area contributed by atoms with Crippen molar-refractivity contribution in [3.63, 3.8) is 0 Å². The van der Waals surface area contributed by atoms with Crippen LogP contribution in [0.4, 0.5) is 0 Å². The molecule has 1 saturated carbocycles. The molecule has 1 aromatic heterocycles. The van der Waals surface area contributed by atoms with Crippen molar-refractivity contribution in [1.82, 2.24) is 9.88 Å². The molecular formula is C15H25N3. The van der Waals surface area contributed by atoms with Crippen LogP contribution in [0.3, 0.4) is 0 Å². The topological polar surface area (TPSA) is 42.1 Å². The van der Waals surface area contributed by atoms with E-state index in [1.54, 1.807) is 0 Å². The maximum atomic E-state index is 5.94. The van der Waals surface area contributed by atoms with Crippen LogP contribution in [0.25, 0.3) is 0 Å². The van der Waals surface area contributed by atoms with E-state index in [-0.39, 0.29) is 0 Å². The minimum absolute atomic E-state index is 0.449. The number of pyridine rings is 1. The predicted octanol–water partition coefficient (Wildman–Crippen LogP) is 2.34. The minimum Gasteiger partial charge on any atom is -0.328 e. The number of hydrogen-bond donors (Lipinski definition) is 1. The molecule has 0 amide bonds. The summed E-state index contributed by atoms with van der Waals surface area (Å²) in [7, 11) is 2.19. The van der Waals surface area contributed by atoms with E-state index >= 15 is 0 Å². The van der Waals surface area contributed by atoms with Crippen LogP contribution >= 0.6 is 0 Å². The Balaban J connectivity index is 1.80. The monoisotopic (exact) mass is 247 g/mol. The van der Waals surface area contributed by atoms with Crippen molar-refractivity contribution < 1.29 is 0 Å². The van der Waals surface area contributed by atoms with E-state index in [0.29, 0.717) is 6.04 Å². The summed E-state index contributed by atoms with van der Waals surface area (Å²) in [6.45, 7) is 4.17. The standard InChI is InChI=1S/C15H25N3/c1-12-4-3-5-15(17-12)11-18(2)10-13-6-8-14(16)9-7-13/h3-5,13-14H,6-11,16H2,1-2H3. The summed E-state index contributed by atoms with van der Waals surface area (Å²) in [4.78, 5) is 6.95. The van der Waals surface area contributed by atoms with Crippen LogP contribution in [0.5, 0.6) is 0 Å². The molecule has 0 aliphatic heterocycles. The van der Waals surface area contributed by atoms with Gasteiger partial charge in [0.25, 0.3) is 0 Å². The van der Waals surface area contributed by atoms with Crippen LogP contribution < -0.4 is 5.73 Å². The van der Waals surface area contributed by atoms with Crippen LogP contribution in [-0.4, -0.2) is 29.5 Å². The molecule has 0 atom stereocenters. The summed E-state index contributed by atoms with van der Waals surface area (Å²) < 4.78 is 0. The largest absolute Gasteiger partial charge is 0.328 e. The molecule has 0 aromatic carbocycles. The number of nitrogens with two attached hydrogens (primary N) is 1. The lowest BCUT2D eigenvalue weighted by molar-refractivity contribution is 0.217. The molecule has 2 rings (SSSR count). The average molecular weight is 247 g/mol. The second-order valence-corrected chi connectivity index (χ2v) is 5.75. The molecule has 1 aliphatic carbocycles. The number of aryl methyl sites for hydroxylation is 1. The number of nitrogens with zero attached hydrogens (tertiary/aromatic N) is 2. The lowest BCUT2D eigenvalue weighted by Gasteiger charge is -2.29. The first-order chi connectivity index (χ1) is 8.63. The van der Waals surface area contributed by atoms with Gasteiger partial charge in [0.15, 0.2) is 0 Å². The number of hydrogen-bond acceptors (Lipinski definition) is 3. The van der Waals surface area contributed by atoms with Gasteiger partial charge in [-0.15, -0.1) is 0 Å². The van der Waals surface area contributed by atoms with E-state index in [9.17, 15) is 0 Å². The molecule has 0 spiro atoms. The minimum atomic E-state index is 0.449. The Morgan fingerprint density at radius 1 is 1.28 bits per heavy atom. The smallest absolute Gasteiger partial charge is 0.0547 e. The lowest BCUT2D eigenvalue weighted by atomic mass is 9.86. The van der Waals surface area contributed by atoms with Crippen molar-refractivity contribution in [2.45, 2.75) is 45.2 Å². The van der Waals surface area contributed by atoms with Gasteiger partial charge in [0.05, 0.1) is 5.69 Å². The average Bonchev–Trinajstić information content (AvgIpc) is 2.32. The predicted molar refractivity (Wildman–Crippen MR) is 75.2 cm³/mol. The molecule has 3 nitrogen and oxygen atoms in total. The molecule has 1 aromatic rings. The van der Waals surface area contributed by atoms with Crippen LogP contribution in [-0.2, 0) is 6.54 Å². The molecule has 3 heteroatoms. The third-order valence-corrected chi connectivity index (χ3v) is 3.84. The third-order valence-electron chi connectivity index (χ3n) is 3.84. The van der Waals surface area contributed by atoms with Crippen molar-refractivity contribution in [3.05, 3.63) is 29.6 Å². The van der Waals surface area contributed by atoms with Gasteiger partial charge in [0.2, 0.25) is 0 Å². The first-order valence-electron chi connectivity index (χ1n) is 7.00. The Kier molecular flexibility index (Phi) is 4.72. The van der Waals surface area contributed by atoms with Crippen molar-refractivity contribution in [2.75, 3.05) is 13.6 Å². The molecule has 2 N–H and O–H groups in total. The first-order valence-corrected chi connectivity index (χ1v) is 7.00. The quantitative estimate of drug-likeness (QED) is 0.888. The van der Waals surface area contributed by atoms with Gasteiger partial charge in [-0.3, -0.25) is 4.98 Å². The fourth-order valence-corrected chi connectivity index (χ4v) is 2.84. The zero-order valence-corrected chi connectivity index (χ0v) is 11.6. The fourth-order valence-electron chi connectivity index (χ4n) is 2.84. The van der Waals surface area contributed by atoms with Gasteiger partial charge in [0.1, 0.15) is 0 Å². The molecule has 100 valence electrons. The summed E-state index contributed by atoms with van der Waals surface area (Å²) in [6, 6.07) is 6.70. The SMILES string of the molecule is Cc1cccc(CN(C)CC2CCC(N)CC2)n1. The summed E-state index contributed by atoms with van der Waals surface area (Å²) in [6.07, 6.45) is 4.96. The second-order valence-electron chi connectivity index (χ2n) is 5.75. The van der Waals surface area contributed by atoms with Crippen LogP contribution in [0.15, 0.2) is 18.2 Å². The zero-order valence-electron chi connectivity index (χ0n) is 11.6. The molecule has 1 fully saturated rings. The van der Waals surface area contributed by atoms with Gasteiger partial charge in [-0.25, -0.2) is 0 Å². The van der Waals surface area contributed by atoms with Gasteiger partial charge in [-0.1, -0.05) is 6.07 Å². The highest BCUT2D eigenvalue weighted by Gasteiger charge is 2.19. The van der Waals surface area contributed by atoms with Gasteiger partial charge in [0, 0.05) is 24.8 Å². The van der Waals surface area contributed by atoms with Gasteiger partial charge in [-0.05, 0) is 57.7 Å². The normalized spacial score (nSPS) is 24.4. The molecule has 0 unspecified atom stereocenters. The van der Waals surface area contributed by atoms with E-state index in [1.165, 1.54) is 37.9 Å². The summed E-state index contributed by atoms with van der Waals surface area (Å²) in [5, 5.41) is 0. The van der Waals surface area contributed by atoms with Crippen molar-refractivity contribution in [1.29, 1.82) is 0 Å².